The molecule has 0 saturated heterocycles. The minimum Gasteiger partial charge on any atom is -0.457 e. The Morgan fingerprint density at radius 2 is 1.56 bits per heavy atom. The van der Waals surface area contributed by atoms with E-state index in [0.717, 1.165) is 52.6 Å². The van der Waals surface area contributed by atoms with E-state index >= 15 is 0 Å². The first-order valence-corrected chi connectivity index (χ1v) is 20.1. The number of para-hydroxylation sites is 1. The summed E-state index contributed by atoms with van der Waals surface area (Å²) in [6, 6.07) is 26.1. The van der Waals surface area contributed by atoms with Crippen LogP contribution >= 0.6 is 0 Å². The highest BCUT2D eigenvalue weighted by Gasteiger charge is 2.42. The molecule has 7 rings (SSSR count). The molecular weight excluding hydrogens is 661 g/mol. The molecule has 0 radical (unpaired) electrons. The van der Waals surface area contributed by atoms with Crippen molar-refractivity contribution >= 4 is 21.8 Å². The van der Waals surface area contributed by atoms with Crippen LogP contribution in [-0.4, -0.2) is 19.3 Å². The molecule has 2 atom stereocenters. The normalized spacial score (nSPS) is 16.9. The third-order valence-corrected chi connectivity index (χ3v) is 11.6. The molecule has 1 aliphatic carbocycles. The summed E-state index contributed by atoms with van der Waals surface area (Å²) in [6.45, 7) is 27.9. The van der Waals surface area contributed by atoms with Gasteiger partial charge in [0.2, 0.25) is 0 Å². The van der Waals surface area contributed by atoms with Crippen LogP contribution in [0, 0.1) is 36.5 Å². The number of aryl methyl sites for hydroxylation is 1. The first-order valence-electron chi connectivity index (χ1n) is 20.1. The van der Waals surface area contributed by atoms with Crippen molar-refractivity contribution in [2.45, 2.75) is 114 Å². The van der Waals surface area contributed by atoms with Crippen LogP contribution in [0.25, 0.3) is 33.3 Å². The van der Waals surface area contributed by atoms with Crippen LogP contribution in [0.5, 0.6) is 11.5 Å². The summed E-state index contributed by atoms with van der Waals surface area (Å²) >= 11 is 0. The maximum Gasteiger partial charge on any atom is 0.137 e. The number of aromatic nitrogens is 4. The Morgan fingerprint density at radius 1 is 0.815 bits per heavy atom. The molecule has 5 nitrogen and oxygen atoms in total. The van der Waals surface area contributed by atoms with Crippen LogP contribution in [0.15, 0.2) is 90.6 Å². The summed E-state index contributed by atoms with van der Waals surface area (Å²) in [5, 5.41) is 7.68. The van der Waals surface area contributed by atoms with Crippen molar-refractivity contribution in [2.24, 2.45) is 22.7 Å². The molecular formula is C49H60N4O. The third-order valence-electron chi connectivity index (χ3n) is 11.6. The number of allylic oxidation sites excluding steroid dienone is 2. The van der Waals surface area contributed by atoms with Crippen molar-refractivity contribution in [1.82, 2.24) is 19.3 Å². The molecule has 3 heterocycles. The van der Waals surface area contributed by atoms with E-state index in [0.29, 0.717) is 23.7 Å². The number of ether oxygens (including phenoxy) is 1. The number of hydrogen-bond donors (Lipinski definition) is 0. The quantitative estimate of drug-likeness (QED) is 0.147. The van der Waals surface area contributed by atoms with Crippen LogP contribution in [0.4, 0.5) is 0 Å². The van der Waals surface area contributed by atoms with Gasteiger partial charge in [0, 0.05) is 46.3 Å². The zero-order chi connectivity index (χ0) is 38.7. The van der Waals surface area contributed by atoms with Crippen molar-refractivity contribution < 1.29 is 4.74 Å². The van der Waals surface area contributed by atoms with Gasteiger partial charge in [-0.1, -0.05) is 99.1 Å². The van der Waals surface area contributed by atoms with E-state index in [1.54, 1.807) is 5.57 Å². The number of nitrogens with zero attached hydrogens (tertiary/aromatic N) is 4. The lowest BCUT2D eigenvalue weighted by molar-refractivity contribution is 0.180. The summed E-state index contributed by atoms with van der Waals surface area (Å²) in [5.74, 6) is 4.28. The Kier molecular flexibility index (Phi) is 9.91. The molecule has 0 saturated carbocycles. The van der Waals surface area contributed by atoms with Gasteiger partial charge in [-0.05, 0) is 115 Å². The highest BCUT2D eigenvalue weighted by Crippen LogP contribution is 2.53. The Morgan fingerprint density at radius 3 is 2.26 bits per heavy atom. The molecule has 282 valence electrons. The van der Waals surface area contributed by atoms with Crippen molar-refractivity contribution in [3.8, 4) is 23.0 Å². The second-order valence-electron chi connectivity index (χ2n) is 18.6. The molecule has 3 aromatic carbocycles. The van der Waals surface area contributed by atoms with Gasteiger partial charge in [0.1, 0.15) is 17.3 Å². The van der Waals surface area contributed by atoms with E-state index in [1.807, 2.05) is 6.20 Å². The molecule has 1 unspecified atom stereocenters. The van der Waals surface area contributed by atoms with Crippen molar-refractivity contribution in [3.63, 3.8) is 0 Å². The monoisotopic (exact) mass is 720 g/mol. The average Bonchev–Trinajstić information content (AvgIpc) is 3.59. The first kappa shape index (κ1) is 37.7. The molecule has 0 amide bonds. The average molecular weight is 721 g/mol. The van der Waals surface area contributed by atoms with Crippen LogP contribution < -0.4 is 4.74 Å². The van der Waals surface area contributed by atoms with E-state index in [9.17, 15) is 0 Å². The fourth-order valence-electron chi connectivity index (χ4n) is 9.05. The van der Waals surface area contributed by atoms with Crippen LogP contribution in [0.1, 0.15) is 122 Å². The van der Waals surface area contributed by atoms with Gasteiger partial charge in [0.25, 0.3) is 0 Å². The van der Waals surface area contributed by atoms with E-state index in [2.05, 4.69) is 171 Å². The summed E-state index contributed by atoms with van der Waals surface area (Å²) in [4.78, 5) is 4.88. The molecule has 0 spiro atoms. The SMILES string of the molecule is Cc1nn(-c2cc(Oc3ccc4c5ccccc5n(-c5cc(CC(C)C)ccn5)c4c3)cc(C(C)C)c2)c(C)c1C1C(C(C)(C)C)=CCC[C@@H]1C(C)(C)C. The molecule has 0 bridgehead atoms. The number of fused-ring (bicyclic) bond motifs is 3. The number of pyridine rings is 1. The van der Waals surface area contributed by atoms with Gasteiger partial charge in [0.05, 0.1) is 22.4 Å². The Bertz CT molecular complexity index is 2350. The van der Waals surface area contributed by atoms with Gasteiger partial charge < -0.3 is 4.74 Å². The Hall–Kier alpha value is -4.64. The highest BCUT2D eigenvalue weighted by atomic mass is 16.5. The molecule has 54 heavy (non-hydrogen) atoms. The van der Waals surface area contributed by atoms with Crippen LogP contribution in [0.3, 0.4) is 0 Å². The van der Waals surface area contributed by atoms with E-state index < -0.39 is 0 Å². The lowest BCUT2D eigenvalue weighted by Crippen LogP contribution is -2.34. The van der Waals surface area contributed by atoms with Gasteiger partial charge in [0.15, 0.2) is 0 Å². The maximum absolute atomic E-state index is 6.84. The first-order chi connectivity index (χ1) is 25.5. The lowest BCUT2D eigenvalue weighted by atomic mass is 9.59. The number of benzene rings is 3. The lowest BCUT2D eigenvalue weighted by Gasteiger charge is -2.45. The molecule has 6 aromatic rings. The fourth-order valence-corrected chi connectivity index (χ4v) is 9.05. The predicted octanol–water partition coefficient (Wildman–Crippen LogP) is 13.6. The van der Waals surface area contributed by atoms with Gasteiger partial charge >= 0.3 is 0 Å². The Balaban J connectivity index is 1.32. The number of rotatable bonds is 8. The topological polar surface area (TPSA) is 44.9 Å². The smallest absolute Gasteiger partial charge is 0.137 e. The fraction of sp³-hybridized carbons (Fsp3) is 0.429. The van der Waals surface area contributed by atoms with Crippen molar-refractivity contribution in [1.29, 1.82) is 0 Å². The third kappa shape index (κ3) is 7.14. The van der Waals surface area contributed by atoms with Gasteiger partial charge in [-0.25, -0.2) is 9.67 Å². The second kappa shape index (κ2) is 14.2. The maximum atomic E-state index is 6.84. The second-order valence-corrected chi connectivity index (χ2v) is 18.6. The van der Waals surface area contributed by atoms with Crippen LogP contribution in [-0.2, 0) is 6.42 Å². The van der Waals surface area contributed by atoms with Gasteiger partial charge in [-0.2, -0.15) is 5.10 Å². The van der Waals surface area contributed by atoms with E-state index in [1.165, 1.54) is 39.6 Å². The Labute approximate surface area is 323 Å². The standard InChI is InChI=1S/C49H60N4O/c1-30(2)24-34-22-23-50-45(25-34)52-43-19-14-13-16-39(43)40-21-20-37(29-44(40)52)54-38-27-35(31(3)4)26-36(28-38)53-33(6)46(32(5)51-53)47-41(48(7,8)9)17-15-18-42(47)49(10,11)12/h13-14,16-17,19-23,25-31,42,47H,15,18,24H2,1-12H3/t42-,47?/m0/s1. The predicted molar refractivity (Wildman–Crippen MR) is 227 cm³/mol. The molecule has 0 fully saturated rings. The van der Waals surface area contributed by atoms with Crippen LogP contribution in [0.2, 0.25) is 0 Å². The van der Waals surface area contributed by atoms with Gasteiger partial charge in [-0.15, -0.1) is 0 Å². The molecule has 0 N–H and O–H groups in total. The summed E-state index contributed by atoms with van der Waals surface area (Å²) in [5.41, 5.74) is 11.3. The zero-order valence-corrected chi connectivity index (χ0v) is 34.7. The zero-order valence-electron chi connectivity index (χ0n) is 34.7. The van der Waals surface area contributed by atoms with E-state index in [4.69, 9.17) is 14.8 Å². The largest absolute Gasteiger partial charge is 0.457 e. The molecule has 0 aliphatic heterocycles. The number of hydrogen-bond acceptors (Lipinski definition) is 3. The summed E-state index contributed by atoms with van der Waals surface area (Å²) in [7, 11) is 0. The molecule has 3 aromatic heterocycles. The van der Waals surface area contributed by atoms with E-state index in [-0.39, 0.29) is 10.8 Å². The molecule has 1 aliphatic rings. The highest BCUT2D eigenvalue weighted by molar-refractivity contribution is 6.09. The van der Waals surface area contributed by atoms with Gasteiger partial charge in [-0.3, -0.25) is 4.57 Å². The minimum atomic E-state index is 0.0773. The van der Waals surface area contributed by atoms with Crippen molar-refractivity contribution in [3.05, 3.63) is 119 Å². The summed E-state index contributed by atoms with van der Waals surface area (Å²) < 4.78 is 11.3. The molecule has 5 heteroatoms. The summed E-state index contributed by atoms with van der Waals surface area (Å²) in [6.07, 6.45) is 7.82. The minimum absolute atomic E-state index is 0.0773. The van der Waals surface area contributed by atoms with Crippen molar-refractivity contribution in [2.75, 3.05) is 0 Å².